The van der Waals surface area contributed by atoms with Crippen molar-refractivity contribution in [1.82, 2.24) is 14.8 Å². The summed E-state index contributed by atoms with van der Waals surface area (Å²) in [5, 5.41) is 4.22. The van der Waals surface area contributed by atoms with Crippen molar-refractivity contribution in [3.63, 3.8) is 0 Å². The summed E-state index contributed by atoms with van der Waals surface area (Å²) in [6.07, 6.45) is 1.63. The fourth-order valence-electron chi connectivity index (χ4n) is 1.32. The Balaban J connectivity index is 2.41. The molecular weight excluding hydrogens is 192 g/mol. The van der Waals surface area contributed by atoms with Gasteiger partial charge in [-0.1, -0.05) is 0 Å². The van der Waals surface area contributed by atoms with Crippen LogP contribution in [0.2, 0.25) is 0 Å². The summed E-state index contributed by atoms with van der Waals surface area (Å²) in [6, 6.07) is 5.42. The average molecular weight is 204 g/mol. The van der Waals surface area contributed by atoms with Crippen LogP contribution < -0.4 is 10.5 Å². The average Bonchev–Trinajstić information content (AvgIpc) is 2.58. The molecule has 0 fully saturated rings. The van der Waals surface area contributed by atoms with E-state index in [1.54, 1.807) is 24.1 Å². The van der Waals surface area contributed by atoms with Gasteiger partial charge in [0, 0.05) is 6.07 Å². The minimum absolute atomic E-state index is 0.574. The molecule has 0 saturated heterocycles. The molecule has 2 aromatic rings. The van der Waals surface area contributed by atoms with E-state index >= 15 is 0 Å². The van der Waals surface area contributed by atoms with E-state index in [-0.39, 0.29) is 0 Å². The summed E-state index contributed by atoms with van der Waals surface area (Å²) < 4.78 is 6.61. The molecule has 5 nitrogen and oxygen atoms in total. The number of pyridine rings is 1. The molecule has 0 atom stereocenters. The molecule has 0 bridgehead atoms. The third-order valence-electron chi connectivity index (χ3n) is 2.03. The van der Waals surface area contributed by atoms with Crippen LogP contribution in [0.3, 0.4) is 0 Å². The summed E-state index contributed by atoms with van der Waals surface area (Å²) in [6.45, 7) is 1.89. The van der Waals surface area contributed by atoms with Crippen molar-refractivity contribution < 1.29 is 4.74 Å². The third-order valence-corrected chi connectivity index (χ3v) is 2.03. The molecule has 0 amide bonds. The van der Waals surface area contributed by atoms with Gasteiger partial charge in [0.1, 0.15) is 11.6 Å². The van der Waals surface area contributed by atoms with Crippen molar-refractivity contribution in [1.29, 1.82) is 0 Å². The molecule has 0 unspecified atom stereocenters. The number of nitrogen functional groups attached to an aromatic ring is 1. The summed E-state index contributed by atoms with van der Waals surface area (Å²) >= 11 is 0. The monoisotopic (exact) mass is 204 g/mol. The van der Waals surface area contributed by atoms with E-state index in [0.29, 0.717) is 17.4 Å². The van der Waals surface area contributed by atoms with Gasteiger partial charge in [0.15, 0.2) is 5.82 Å². The van der Waals surface area contributed by atoms with Gasteiger partial charge in [-0.3, -0.25) is 0 Å². The lowest BCUT2D eigenvalue weighted by molar-refractivity contribution is 0.412. The molecule has 15 heavy (non-hydrogen) atoms. The maximum atomic E-state index is 5.77. The second-order valence-electron chi connectivity index (χ2n) is 3.18. The maximum absolute atomic E-state index is 5.77. The highest BCUT2D eigenvalue weighted by Crippen LogP contribution is 2.14. The maximum Gasteiger partial charge on any atom is 0.155 e. The van der Waals surface area contributed by atoms with Gasteiger partial charge < -0.3 is 10.5 Å². The van der Waals surface area contributed by atoms with Gasteiger partial charge in [0.05, 0.1) is 19.0 Å². The number of nitrogens with two attached hydrogens (primary N) is 1. The van der Waals surface area contributed by atoms with E-state index in [0.717, 1.165) is 5.69 Å². The van der Waals surface area contributed by atoms with Crippen LogP contribution in [-0.2, 0) is 0 Å². The Morgan fingerprint density at radius 1 is 1.40 bits per heavy atom. The van der Waals surface area contributed by atoms with Crippen LogP contribution in [0.25, 0.3) is 5.82 Å². The molecule has 0 aliphatic rings. The normalized spacial score (nSPS) is 10.3. The number of aromatic nitrogens is 3. The lowest BCUT2D eigenvalue weighted by Gasteiger charge is -2.03. The van der Waals surface area contributed by atoms with Gasteiger partial charge in [0.2, 0.25) is 0 Å². The fraction of sp³-hybridized carbons (Fsp3) is 0.200. The first kappa shape index (κ1) is 9.51. The van der Waals surface area contributed by atoms with Crippen molar-refractivity contribution >= 4 is 5.82 Å². The van der Waals surface area contributed by atoms with Crippen LogP contribution in [-0.4, -0.2) is 21.9 Å². The SMILES string of the molecule is COc1ccc(-n2nc(C)cc2N)nc1. The highest BCUT2D eigenvalue weighted by Gasteiger charge is 2.05. The van der Waals surface area contributed by atoms with Crippen LogP contribution in [0, 0.1) is 6.92 Å². The minimum Gasteiger partial charge on any atom is -0.495 e. The van der Waals surface area contributed by atoms with Crippen LogP contribution in [0.1, 0.15) is 5.69 Å². The molecule has 2 N–H and O–H groups in total. The molecule has 0 saturated carbocycles. The number of methoxy groups -OCH3 is 1. The van der Waals surface area contributed by atoms with Gasteiger partial charge in [-0.05, 0) is 19.1 Å². The molecule has 78 valence electrons. The number of rotatable bonds is 2. The Morgan fingerprint density at radius 3 is 2.67 bits per heavy atom. The smallest absolute Gasteiger partial charge is 0.155 e. The Hall–Kier alpha value is -2.04. The lowest BCUT2D eigenvalue weighted by atomic mass is 10.4. The third kappa shape index (κ3) is 1.76. The lowest BCUT2D eigenvalue weighted by Crippen LogP contribution is -2.03. The highest BCUT2D eigenvalue weighted by atomic mass is 16.5. The molecular formula is C10H12N4O. The highest BCUT2D eigenvalue weighted by molar-refractivity contribution is 5.40. The number of hydrogen-bond donors (Lipinski definition) is 1. The van der Waals surface area contributed by atoms with E-state index in [4.69, 9.17) is 10.5 Å². The summed E-state index contributed by atoms with van der Waals surface area (Å²) in [5.41, 5.74) is 6.64. The molecule has 2 aromatic heterocycles. The molecule has 0 spiro atoms. The fourth-order valence-corrected chi connectivity index (χ4v) is 1.32. The topological polar surface area (TPSA) is 66.0 Å². The molecule has 2 rings (SSSR count). The summed E-state index contributed by atoms with van der Waals surface area (Å²) in [5.74, 6) is 1.97. The predicted molar refractivity (Wildman–Crippen MR) is 57.1 cm³/mol. The zero-order valence-electron chi connectivity index (χ0n) is 8.64. The predicted octanol–water partition coefficient (Wildman–Crippen LogP) is 1.17. The Morgan fingerprint density at radius 2 is 2.20 bits per heavy atom. The van der Waals surface area contributed by atoms with E-state index in [1.807, 2.05) is 19.1 Å². The second kappa shape index (κ2) is 3.61. The Bertz CT molecular complexity index is 461. The first-order valence-corrected chi connectivity index (χ1v) is 4.53. The zero-order chi connectivity index (χ0) is 10.8. The number of nitrogens with zero attached hydrogens (tertiary/aromatic N) is 3. The Labute approximate surface area is 87.5 Å². The van der Waals surface area contributed by atoms with Crippen LogP contribution in [0.4, 0.5) is 5.82 Å². The summed E-state index contributed by atoms with van der Waals surface area (Å²) in [4.78, 5) is 4.19. The van der Waals surface area contributed by atoms with E-state index in [2.05, 4.69) is 10.1 Å². The van der Waals surface area contributed by atoms with E-state index in [9.17, 15) is 0 Å². The van der Waals surface area contributed by atoms with E-state index < -0.39 is 0 Å². The largest absolute Gasteiger partial charge is 0.495 e. The molecule has 0 aromatic carbocycles. The number of aryl methyl sites for hydroxylation is 1. The van der Waals surface area contributed by atoms with Crippen LogP contribution >= 0.6 is 0 Å². The molecule has 0 aliphatic heterocycles. The number of anilines is 1. The minimum atomic E-state index is 0.574. The van der Waals surface area contributed by atoms with Gasteiger partial charge in [0.25, 0.3) is 0 Å². The zero-order valence-corrected chi connectivity index (χ0v) is 8.64. The van der Waals surface area contributed by atoms with E-state index in [1.165, 1.54) is 0 Å². The number of ether oxygens (including phenoxy) is 1. The number of hydrogen-bond acceptors (Lipinski definition) is 4. The molecule has 0 aliphatic carbocycles. The van der Waals surface area contributed by atoms with Crippen molar-refractivity contribution in [2.24, 2.45) is 0 Å². The van der Waals surface area contributed by atoms with Crippen LogP contribution in [0.5, 0.6) is 5.75 Å². The quantitative estimate of drug-likeness (QED) is 0.797. The Kier molecular flexibility index (Phi) is 2.29. The van der Waals surface area contributed by atoms with Crippen LogP contribution in [0.15, 0.2) is 24.4 Å². The second-order valence-corrected chi connectivity index (χ2v) is 3.18. The van der Waals surface area contributed by atoms with Gasteiger partial charge in [-0.15, -0.1) is 0 Å². The molecule has 5 heteroatoms. The molecule has 0 radical (unpaired) electrons. The standard InChI is InChI=1S/C10H12N4O/c1-7-5-9(11)14(13-7)10-4-3-8(15-2)6-12-10/h3-6H,11H2,1-2H3. The van der Waals surface area contributed by atoms with Gasteiger partial charge in [-0.25, -0.2) is 4.98 Å². The molecule has 2 heterocycles. The van der Waals surface area contributed by atoms with Crippen molar-refractivity contribution in [3.8, 4) is 11.6 Å². The van der Waals surface area contributed by atoms with Gasteiger partial charge in [-0.2, -0.15) is 9.78 Å². The van der Waals surface area contributed by atoms with Gasteiger partial charge >= 0.3 is 0 Å². The summed E-state index contributed by atoms with van der Waals surface area (Å²) in [7, 11) is 1.60. The van der Waals surface area contributed by atoms with Crippen molar-refractivity contribution in [2.75, 3.05) is 12.8 Å². The first-order chi connectivity index (χ1) is 7.20. The van der Waals surface area contributed by atoms with Crippen molar-refractivity contribution in [3.05, 3.63) is 30.1 Å². The first-order valence-electron chi connectivity index (χ1n) is 4.53. The van der Waals surface area contributed by atoms with Crippen molar-refractivity contribution in [2.45, 2.75) is 6.92 Å².